The van der Waals surface area contributed by atoms with Gasteiger partial charge < -0.3 is 19.9 Å². The molecule has 2 aromatic rings. The molecule has 1 atom stereocenters. The normalized spacial score (nSPS) is 20.3. The highest BCUT2D eigenvalue weighted by Gasteiger charge is 2.31. The second kappa shape index (κ2) is 7.15. The molecule has 1 amide bonds. The molecule has 27 heavy (non-hydrogen) atoms. The monoisotopic (exact) mass is 368 g/mol. The van der Waals surface area contributed by atoms with Crippen molar-refractivity contribution < 1.29 is 14.7 Å². The minimum atomic E-state index is -0.956. The Hall–Kier alpha value is -2.67. The topological polar surface area (TPSA) is 89.5 Å². The van der Waals surface area contributed by atoms with Crippen LogP contribution in [0.25, 0.3) is 11.4 Å². The third-order valence-corrected chi connectivity index (χ3v) is 5.50. The highest BCUT2D eigenvalue weighted by Crippen LogP contribution is 2.26. The molecular formula is C20H24N4O3. The minimum absolute atomic E-state index is 0.0833. The van der Waals surface area contributed by atoms with Crippen molar-refractivity contribution in [2.45, 2.75) is 25.8 Å². The second-order valence-electron chi connectivity index (χ2n) is 7.51. The molecular weight excluding hydrogens is 344 g/mol. The lowest BCUT2D eigenvalue weighted by atomic mass is 9.96. The number of rotatable bonds is 3. The van der Waals surface area contributed by atoms with E-state index in [1.54, 1.807) is 18.2 Å². The number of carbonyl (C=O) groups excluding carboxylic acids is 1. The van der Waals surface area contributed by atoms with Crippen molar-refractivity contribution in [2.75, 3.05) is 26.7 Å². The quantitative estimate of drug-likeness (QED) is 0.865. The number of H-pyrrole nitrogens is 1. The SMILES string of the molecule is CN1CCCC(C(=O)N2CCc3nc(-c4cccc(C(=O)O)c4)[nH]c3C2)C1. The van der Waals surface area contributed by atoms with Gasteiger partial charge in [-0.2, -0.15) is 0 Å². The molecule has 142 valence electrons. The van der Waals surface area contributed by atoms with E-state index in [2.05, 4.69) is 21.9 Å². The van der Waals surface area contributed by atoms with Crippen molar-refractivity contribution in [3.63, 3.8) is 0 Å². The van der Waals surface area contributed by atoms with Crippen LogP contribution in [0.4, 0.5) is 0 Å². The zero-order chi connectivity index (χ0) is 19.0. The zero-order valence-electron chi connectivity index (χ0n) is 15.4. The van der Waals surface area contributed by atoms with Crippen LogP contribution in [-0.4, -0.2) is 63.4 Å². The summed E-state index contributed by atoms with van der Waals surface area (Å²) in [4.78, 5) is 36.2. The van der Waals surface area contributed by atoms with Gasteiger partial charge in [0, 0.05) is 25.1 Å². The van der Waals surface area contributed by atoms with Crippen molar-refractivity contribution in [2.24, 2.45) is 5.92 Å². The van der Waals surface area contributed by atoms with E-state index in [0.717, 1.165) is 49.3 Å². The van der Waals surface area contributed by atoms with Crippen LogP contribution < -0.4 is 0 Å². The van der Waals surface area contributed by atoms with Gasteiger partial charge in [-0.3, -0.25) is 4.79 Å². The fraction of sp³-hybridized carbons (Fsp3) is 0.450. The van der Waals surface area contributed by atoms with Gasteiger partial charge in [0.15, 0.2) is 0 Å². The van der Waals surface area contributed by atoms with Crippen LogP contribution >= 0.6 is 0 Å². The molecule has 4 rings (SSSR count). The molecule has 1 unspecified atom stereocenters. The Balaban J connectivity index is 1.51. The highest BCUT2D eigenvalue weighted by molar-refractivity contribution is 5.89. The smallest absolute Gasteiger partial charge is 0.335 e. The number of likely N-dealkylation sites (tertiary alicyclic amines) is 1. The predicted octanol–water partition coefficient (Wildman–Crippen LogP) is 2.00. The standard InChI is InChI=1S/C20H24N4O3/c1-23-8-3-6-15(11-23)19(25)24-9-7-16-17(12-24)22-18(21-16)13-4-2-5-14(10-13)20(26)27/h2,4-5,10,15H,3,6-9,11-12H2,1H3,(H,21,22)(H,26,27). The number of aromatic carboxylic acids is 1. The Bertz CT molecular complexity index is 876. The molecule has 2 aliphatic heterocycles. The molecule has 0 spiro atoms. The van der Waals surface area contributed by atoms with Crippen molar-refractivity contribution in [3.8, 4) is 11.4 Å². The van der Waals surface area contributed by atoms with E-state index in [1.807, 2.05) is 11.0 Å². The molecule has 2 N–H and O–H groups in total. The van der Waals surface area contributed by atoms with E-state index in [-0.39, 0.29) is 17.4 Å². The number of piperidine rings is 1. The zero-order valence-corrected chi connectivity index (χ0v) is 15.4. The lowest BCUT2D eigenvalue weighted by Gasteiger charge is -2.34. The molecule has 7 heteroatoms. The molecule has 7 nitrogen and oxygen atoms in total. The number of benzene rings is 1. The molecule has 0 radical (unpaired) electrons. The van der Waals surface area contributed by atoms with E-state index in [4.69, 9.17) is 0 Å². The number of fused-ring (bicyclic) bond motifs is 1. The van der Waals surface area contributed by atoms with Crippen molar-refractivity contribution in [1.82, 2.24) is 19.8 Å². The van der Waals surface area contributed by atoms with E-state index in [9.17, 15) is 14.7 Å². The maximum absolute atomic E-state index is 12.9. The molecule has 2 aliphatic rings. The van der Waals surface area contributed by atoms with E-state index in [0.29, 0.717) is 18.9 Å². The van der Waals surface area contributed by atoms with Gasteiger partial charge in [0.05, 0.1) is 29.4 Å². The summed E-state index contributed by atoms with van der Waals surface area (Å²) in [7, 11) is 2.07. The molecule has 0 bridgehead atoms. The summed E-state index contributed by atoms with van der Waals surface area (Å²) < 4.78 is 0. The first-order valence-corrected chi connectivity index (χ1v) is 9.40. The first kappa shape index (κ1) is 17.7. The van der Waals surface area contributed by atoms with Gasteiger partial charge in [0.25, 0.3) is 0 Å². The fourth-order valence-corrected chi connectivity index (χ4v) is 4.04. The fourth-order valence-electron chi connectivity index (χ4n) is 4.04. The third-order valence-electron chi connectivity index (χ3n) is 5.50. The Labute approximate surface area is 158 Å². The number of nitrogens with one attached hydrogen (secondary N) is 1. The summed E-state index contributed by atoms with van der Waals surface area (Å²) in [6.45, 7) is 3.12. The number of hydrogen-bond donors (Lipinski definition) is 2. The first-order valence-electron chi connectivity index (χ1n) is 9.40. The molecule has 1 aromatic carbocycles. The van der Waals surface area contributed by atoms with Gasteiger partial charge in [-0.15, -0.1) is 0 Å². The molecule has 1 fully saturated rings. The number of carboxylic acids is 1. The summed E-state index contributed by atoms with van der Waals surface area (Å²) in [5, 5.41) is 9.18. The van der Waals surface area contributed by atoms with Gasteiger partial charge in [0.1, 0.15) is 5.82 Å². The van der Waals surface area contributed by atoms with Gasteiger partial charge in [0.2, 0.25) is 5.91 Å². The highest BCUT2D eigenvalue weighted by atomic mass is 16.4. The lowest BCUT2D eigenvalue weighted by molar-refractivity contribution is -0.138. The third kappa shape index (κ3) is 3.60. The number of amides is 1. The molecule has 0 aliphatic carbocycles. The van der Waals surface area contributed by atoms with Crippen molar-refractivity contribution in [1.29, 1.82) is 0 Å². The maximum Gasteiger partial charge on any atom is 0.335 e. The van der Waals surface area contributed by atoms with Crippen molar-refractivity contribution in [3.05, 3.63) is 41.2 Å². The predicted molar refractivity (Wildman–Crippen MR) is 100 cm³/mol. The Kier molecular flexibility index (Phi) is 4.70. The average molecular weight is 368 g/mol. The van der Waals surface area contributed by atoms with Crippen LogP contribution in [0.1, 0.15) is 34.6 Å². The summed E-state index contributed by atoms with van der Waals surface area (Å²) in [6.07, 6.45) is 2.75. The minimum Gasteiger partial charge on any atom is -0.478 e. The van der Waals surface area contributed by atoms with E-state index >= 15 is 0 Å². The van der Waals surface area contributed by atoms with E-state index in [1.165, 1.54) is 0 Å². The summed E-state index contributed by atoms with van der Waals surface area (Å²) in [5.74, 6) is 0.0216. The van der Waals surface area contributed by atoms with E-state index < -0.39 is 5.97 Å². The maximum atomic E-state index is 12.9. The number of nitrogens with zero attached hydrogens (tertiary/aromatic N) is 3. The summed E-state index contributed by atoms with van der Waals surface area (Å²) >= 11 is 0. The number of aromatic nitrogens is 2. The lowest BCUT2D eigenvalue weighted by Crippen LogP contribution is -2.45. The Morgan fingerprint density at radius 3 is 2.93 bits per heavy atom. The van der Waals surface area contributed by atoms with Crippen LogP contribution in [-0.2, 0) is 17.8 Å². The van der Waals surface area contributed by atoms with Gasteiger partial charge in [-0.05, 0) is 38.6 Å². The number of carbonyl (C=O) groups is 2. The first-order chi connectivity index (χ1) is 13.0. The number of imidazole rings is 1. The molecule has 1 aromatic heterocycles. The number of hydrogen-bond acceptors (Lipinski definition) is 4. The van der Waals surface area contributed by atoms with Crippen LogP contribution in [0.5, 0.6) is 0 Å². The van der Waals surface area contributed by atoms with Gasteiger partial charge in [-0.1, -0.05) is 12.1 Å². The van der Waals surface area contributed by atoms with Crippen LogP contribution in [0, 0.1) is 5.92 Å². The van der Waals surface area contributed by atoms with Crippen LogP contribution in [0.2, 0.25) is 0 Å². The summed E-state index contributed by atoms with van der Waals surface area (Å²) in [5.41, 5.74) is 2.90. The van der Waals surface area contributed by atoms with Crippen LogP contribution in [0.3, 0.4) is 0 Å². The van der Waals surface area contributed by atoms with Crippen molar-refractivity contribution >= 4 is 11.9 Å². The molecule has 3 heterocycles. The molecule has 1 saturated heterocycles. The van der Waals surface area contributed by atoms with Gasteiger partial charge >= 0.3 is 5.97 Å². The Morgan fingerprint density at radius 1 is 1.30 bits per heavy atom. The van der Waals surface area contributed by atoms with Gasteiger partial charge in [-0.25, -0.2) is 9.78 Å². The Morgan fingerprint density at radius 2 is 2.15 bits per heavy atom. The second-order valence-corrected chi connectivity index (χ2v) is 7.51. The number of aromatic amines is 1. The molecule has 0 saturated carbocycles. The largest absolute Gasteiger partial charge is 0.478 e. The average Bonchev–Trinajstić information content (AvgIpc) is 3.11. The summed E-state index contributed by atoms with van der Waals surface area (Å²) in [6, 6.07) is 6.75. The number of carboxylic acid groups (broad SMARTS) is 1. The van der Waals surface area contributed by atoms with Crippen LogP contribution in [0.15, 0.2) is 24.3 Å².